The van der Waals surface area contributed by atoms with Crippen LogP contribution in [0.15, 0.2) is 146 Å². The minimum absolute atomic E-state index is 0.0418. The first kappa shape index (κ1) is 51.5. The molecule has 0 aromatic heterocycles. The molecule has 0 aliphatic heterocycles. The van der Waals surface area contributed by atoms with E-state index in [1.165, 1.54) is 134 Å². The zero-order valence-corrected chi connectivity index (χ0v) is 50.4. The van der Waals surface area contributed by atoms with E-state index in [9.17, 15) is 0 Å². The highest BCUT2D eigenvalue weighted by molar-refractivity contribution is 5.87. The lowest BCUT2D eigenvalue weighted by atomic mass is 9.62. The van der Waals surface area contributed by atoms with E-state index in [0.717, 1.165) is 0 Å². The van der Waals surface area contributed by atoms with Gasteiger partial charge in [0, 0.05) is 21.7 Å². The van der Waals surface area contributed by atoms with Gasteiger partial charge in [0.15, 0.2) is 0 Å². The van der Waals surface area contributed by atoms with E-state index in [4.69, 9.17) is 0 Å². The fourth-order valence-electron chi connectivity index (χ4n) is 14.7. The molecule has 0 heteroatoms. The molecule has 4 aliphatic rings. The lowest BCUT2D eigenvalue weighted by Gasteiger charge is -2.40. The van der Waals surface area contributed by atoms with Crippen molar-refractivity contribution in [1.29, 1.82) is 0 Å². The minimum Gasteiger partial charge on any atom is -0.0579 e. The van der Waals surface area contributed by atoms with Gasteiger partial charge in [-0.05, 0) is 155 Å². The predicted octanol–water partition coefficient (Wildman–Crippen LogP) is 20.5. The Morgan fingerprint density at radius 3 is 0.468 bits per heavy atom. The lowest BCUT2D eigenvalue weighted by molar-refractivity contribution is 0.584. The maximum atomic E-state index is 2.65. The zero-order chi connectivity index (χ0) is 55.3. The number of hydrogen-bond donors (Lipinski definition) is 0. The largest absolute Gasteiger partial charge is 0.0702 e. The fraction of sp³-hybridized carbons (Fsp3) is 0.377. The summed E-state index contributed by atoms with van der Waals surface area (Å²) in [5.74, 6) is 0. The first-order chi connectivity index (χ1) is 35.7. The minimum atomic E-state index is -0.736. The van der Waals surface area contributed by atoms with Crippen molar-refractivity contribution in [3.05, 3.63) is 235 Å². The summed E-state index contributed by atoms with van der Waals surface area (Å²) >= 11 is 0. The van der Waals surface area contributed by atoms with Gasteiger partial charge in [0.1, 0.15) is 0 Å². The van der Waals surface area contributed by atoms with Crippen LogP contribution in [0.4, 0.5) is 0 Å². The monoisotopic (exact) mass is 1010 g/mol. The van der Waals surface area contributed by atoms with Crippen LogP contribution in [0.25, 0.3) is 44.5 Å². The number of rotatable bonds is 4. The molecule has 0 nitrogen and oxygen atoms in total. The van der Waals surface area contributed by atoms with E-state index in [1.807, 2.05) is 0 Å². The molecule has 0 bridgehead atoms. The molecule has 0 N–H and O–H groups in total. The van der Waals surface area contributed by atoms with Crippen LogP contribution in [0.5, 0.6) is 0 Å². The van der Waals surface area contributed by atoms with Crippen LogP contribution in [0.3, 0.4) is 0 Å². The van der Waals surface area contributed by atoms with Gasteiger partial charge in [0.05, 0.1) is 5.41 Å². The standard InChI is InChI=1S/C77H84/c1-69(2,3)45-21-29-53-57-33-25-49(41-65(57)73(13,14)61(53)37-45)77(50-26-34-58-54-30-22-46(70(4,5)6)38-62(54)74(15,16)66(58)42-50,51-27-35-59-55-31-23-47(71(7,8)9)39-63(55)75(17,18)67(59)43-51)52-28-36-60-56-32-24-48(72(10,11)12)40-64(56)76(19,20)68(60)44-52/h21-44H,1-20H3. The van der Waals surface area contributed by atoms with E-state index >= 15 is 0 Å². The molecule has 0 atom stereocenters. The second-order valence-electron chi connectivity index (χ2n) is 30.3. The van der Waals surface area contributed by atoms with Gasteiger partial charge < -0.3 is 0 Å². The third kappa shape index (κ3) is 7.28. The molecule has 0 saturated heterocycles. The number of fused-ring (bicyclic) bond motifs is 12. The summed E-state index contributed by atoms with van der Waals surface area (Å²) < 4.78 is 0. The Balaban J connectivity index is 1.18. The van der Waals surface area contributed by atoms with Crippen molar-refractivity contribution >= 4 is 0 Å². The maximum Gasteiger partial charge on any atom is 0.0702 e. The predicted molar refractivity (Wildman–Crippen MR) is 330 cm³/mol. The van der Waals surface area contributed by atoms with Crippen molar-refractivity contribution in [3.8, 4) is 44.5 Å². The second kappa shape index (κ2) is 16.0. The molecule has 77 heavy (non-hydrogen) atoms. The highest BCUT2D eigenvalue weighted by Gasteiger charge is 2.48. The number of benzene rings is 8. The summed E-state index contributed by atoms with van der Waals surface area (Å²) in [6.07, 6.45) is 0. The van der Waals surface area contributed by atoms with Crippen LogP contribution in [0.2, 0.25) is 0 Å². The molecule has 4 aliphatic carbocycles. The van der Waals surface area contributed by atoms with Gasteiger partial charge in [-0.25, -0.2) is 0 Å². The molecular weight excluding hydrogens is 925 g/mol. The van der Waals surface area contributed by atoms with Gasteiger partial charge in [-0.15, -0.1) is 0 Å². The molecule has 0 saturated carbocycles. The third-order valence-corrected chi connectivity index (χ3v) is 19.9. The van der Waals surface area contributed by atoms with Gasteiger partial charge in [-0.3, -0.25) is 0 Å². The van der Waals surface area contributed by atoms with Gasteiger partial charge in [-0.2, -0.15) is 0 Å². The van der Waals surface area contributed by atoms with Crippen LogP contribution >= 0.6 is 0 Å². The van der Waals surface area contributed by atoms with Gasteiger partial charge in [0.25, 0.3) is 0 Å². The quantitative estimate of drug-likeness (QED) is 0.154. The molecule has 12 rings (SSSR count). The first-order valence-electron chi connectivity index (χ1n) is 28.9. The molecule has 8 aromatic carbocycles. The summed E-state index contributed by atoms with van der Waals surface area (Å²) in [6, 6.07) is 59.9. The Morgan fingerprint density at radius 2 is 0.325 bits per heavy atom. The molecular formula is C77H84. The summed E-state index contributed by atoms with van der Waals surface area (Å²) in [4.78, 5) is 0. The van der Waals surface area contributed by atoms with Crippen molar-refractivity contribution in [2.45, 2.75) is 187 Å². The molecule has 0 unspecified atom stereocenters. The van der Waals surface area contributed by atoms with Crippen molar-refractivity contribution < 1.29 is 0 Å². The van der Waals surface area contributed by atoms with Crippen LogP contribution < -0.4 is 0 Å². The summed E-state index contributed by atoms with van der Waals surface area (Å²) in [6.45, 7) is 47.9. The second-order valence-corrected chi connectivity index (χ2v) is 30.3. The fourth-order valence-corrected chi connectivity index (χ4v) is 14.7. The zero-order valence-electron chi connectivity index (χ0n) is 50.4. The highest BCUT2D eigenvalue weighted by atomic mass is 14.5. The molecule has 0 radical (unpaired) electrons. The van der Waals surface area contributed by atoms with Crippen LogP contribution in [0.1, 0.15) is 227 Å². The van der Waals surface area contributed by atoms with E-state index in [2.05, 4.69) is 284 Å². The van der Waals surface area contributed by atoms with Crippen LogP contribution in [-0.2, 0) is 48.7 Å². The van der Waals surface area contributed by atoms with Gasteiger partial charge >= 0.3 is 0 Å². The van der Waals surface area contributed by atoms with Crippen molar-refractivity contribution in [2.75, 3.05) is 0 Å². The van der Waals surface area contributed by atoms with Crippen molar-refractivity contribution in [2.24, 2.45) is 0 Å². The molecule has 0 heterocycles. The molecule has 0 spiro atoms. The molecule has 0 amide bonds. The highest BCUT2D eigenvalue weighted by Crippen LogP contribution is 2.59. The van der Waals surface area contributed by atoms with Crippen LogP contribution in [-0.4, -0.2) is 0 Å². The smallest absolute Gasteiger partial charge is 0.0579 e. The SMILES string of the molecule is CC(C)(C)c1ccc2c(c1)C(C)(C)c1cc(C(c3ccc4c(c3)C(C)(C)c3cc(C(C)(C)C)ccc3-4)(c3ccc4c(c3)C(C)(C)c3cc(C(C)(C)C)ccc3-4)c3ccc4c(c3)C(C)(C)c3cc(C(C)(C)C)ccc3-4)ccc1-2. The Bertz CT molecular complexity index is 3320. The molecule has 0 fully saturated rings. The van der Waals surface area contributed by atoms with Gasteiger partial charge in [-0.1, -0.05) is 284 Å². The maximum absolute atomic E-state index is 2.65. The Hall–Kier alpha value is -6.24. The average Bonchev–Trinajstić information content (AvgIpc) is 3.92. The molecule has 392 valence electrons. The Labute approximate surface area is 463 Å². The van der Waals surface area contributed by atoms with E-state index in [-0.39, 0.29) is 43.3 Å². The van der Waals surface area contributed by atoms with E-state index < -0.39 is 5.41 Å². The topological polar surface area (TPSA) is 0 Å². The Kier molecular flexibility index (Phi) is 10.7. The normalized spacial score (nSPS) is 17.0. The van der Waals surface area contributed by atoms with E-state index in [1.54, 1.807) is 0 Å². The summed E-state index contributed by atoms with van der Waals surface area (Å²) in [5.41, 5.74) is 31.5. The summed E-state index contributed by atoms with van der Waals surface area (Å²) in [5, 5.41) is 0. The van der Waals surface area contributed by atoms with Crippen molar-refractivity contribution in [3.63, 3.8) is 0 Å². The Morgan fingerprint density at radius 1 is 0.195 bits per heavy atom. The number of hydrogen-bond acceptors (Lipinski definition) is 0. The first-order valence-corrected chi connectivity index (χ1v) is 28.9. The molecule has 8 aromatic rings. The van der Waals surface area contributed by atoms with Gasteiger partial charge in [0.2, 0.25) is 0 Å². The van der Waals surface area contributed by atoms with Crippen molar-refractivity contribution in [1.82, 2.24) is 0 Å². The van der Waals surface area contributed by atoms with E-state index in [0.29, 0.717) is 0 Å². The average molecular weight is 1010 g/mol. The lowest BCUT2D eigenvalue weighted by Crippen LogP contribution is -2.33. The summed E-state index contributed by atoms with van der Waals surface area (Å²) in [7, 11) is 0. The third-order valence-electron chi connectivity index (χ3n) is 19.9. The van der Waals surface area contributed by atoms with Crippen LogP contribution in [0, 0.1) is 0 Å².